The molecular weight excluding hydrogens is 407 g/mol. The van der Waals surface area contributed by atoms with E-state index in [2.05, 4.69) is 9.51 Å². The van der Waals surface area contributed by atoms with Gasteiger partial charge in [-0.25, -0.2) is 0 Å². The van der Waals surface area contributed by atoms with Gasteiger partial charge in [-0.05, 0) is 0 Å². The van der Waals surface area contributed by atoms with Crippen molar-refractivity contribution in [2.24, 2.45) is 5.73 Å². The van der Waals surface area contributed by atoms with Gasteiger partial charge in [0.05, 0.1) is 0 Å². The van der Waals surface area contributed by atoms with Crippen molar-refractivity contribution in [3.63, 3.8) is 0 Å². The first-order chi connectivity index (χ1) is 6.99. The number of nitro groups is 1. The predicted octanol–water partition coefficient (Wildman–Crippen LogP) is -0.870. The molecule has 8 heteroatoms. The number of hydrogen-bond acceptors (Lipinski definition) is 4. The van der Waals surface area contributed by atoms with E-state index in [0.717, 1.165) is 0 Å². The van der Waals surface area contributed by atoms with E-state index in [1.165, 1.54) is 19.4 Å². The first-order valence-electron chi connectivity index (χ1n) is 3.43. The maximum absolute atomic E-state index is 9.67. The van der Waals surface area contributed by atoms with Crippen LogP contribution < -0.4 is 5.73 Å². The molecule has 6 nitrogen and oxygen atoms in total. The standard InChI is InChI=1S/C4H3N2.C3H3N2O2.V.W/c1-6-3-2-5-4-6;1-3(2-4)5(6)7;;/h2-4H;1H,4H2;;/q2*-1;;. The first kappa shape index (κ1) is 14.3. The third-order valence-corrected chi connectivity index (χ3v) is 2.18. The summed E-state index contributed by atoms with van der Waals surface area (Å²) >= 11 is 3.11. The molecule has 0 aliphatic carbocycles. The number of hydrogen-bond donors (Lipinski definition) is 1. The van der Waals surface area contributed by atoms with E-state index >= 15 is 0 Å². The average Bonchev–Trinajstić information content (AvgIpc) is 2.69. The van der Waals surface area contributed by atoms with Crippen LogP contribution in [0.25, 0.3) is 0 Å². The van der Waals surface area contributed by atoms with Crippen molar-refractivity contribution in [1.82, 2.24) is 9.55 Å². The summed E-state index contributed by atoms with van der Waals surface area (Å²) in [5.74, 6) is 0. The zero-order valence-electron chi connectivity index (χ0n) is 7.40. The molecule has 0 bridgehead atoms. The van der Waals surface area contributed by atoms with Gasteiger partial charge in [0.1, 0.15) is 0 Å². The Morgan fingerprint density at radius 1 is 1.80 bits per heavy atom. The molecule has 0 atom stereocenters. The Balaban J connectivity index is 0.000000262. The van der Waals surface area contributed by atoms with Gasteiger partial charge in [-0.15, -0.1) is 0 Å². The van der Waals surface area contributed by atoms with Gasteiger partial charge in [-0.2, -0.15) is 0 Å². The second kappa shape index (κ2) is 7.59. The molecule has 0 aliphatic rings. The van der Waals surface area contributed by atoms with Crippen LogP contribution in [-0.4, -0.2) is 23.3 Å². The van der Waals surface area contributed by atoms with E-state index in [0.29, 0.717) is 0 Å². The van der Waals surface area contributed by atoms with Crippen molar-refractivity contribution in [2.45, 2.75) is 0 Å². The van der Waals surface area contributed by atoms with Crippen LogP contribution in [0.3, 0.4) is 0 Å². The maximum atomic E-state index is 9.67. The molecule has 0 aromatic carbocycles. The molecular formula is C7H6N4O2VW-2. The summed E-state index contributed by atoms with van der Waals surface area (Å²) in [6, 6.07) is 0. The molecule has 0 amide bonds. The van der Waals surface area contributed by atoms with Gasteiger partial charge in [-0.1, -0.05) is 0 Å². The Morgan fingerprint density at radius 3 is 2.53 bits per heavy atom. The summed E-state index contributed by atoms with van der Waals surface area (Å²) in [5, 5.41) is 9.67. The monoisotopic (exact) mass is 413 g/mol. The molecule has 1 aromatic rings. The van der Waals surface area contributed by atoms with E-state index in [1.807, 2.05) is 6.20 Å². The van der Waals surface area contributed by atoms with Crippen LogP contribution in [0.4, 0.5) is 0 Å². The molecule has 0 saturated carbocycles. The van der Waals surface area contributed by atoms with Crippen molar-refractivity contribution < 1.29 is 41.3 Å². The summed E-state index contributed by atoms with van der Waals surface area (Å²) < 4.78 is 4.72. The number of imidazole rings is 1. The van der Waals surface area contributed by atoms with Gasteiger partial charge >= 0.3 is 107 Å². The Labute approximate surface area is 106 Å². The summed E-state index contributed by atoms with van der Waals surface area (Å²) in [6.45, 7) is 4.80. The quantitative estimate of drug-likeness (QED) is 0.397. The predicted molar refractivity (Wildman–Crippen MR) is 46.6 cm³/mol. The molecule has 1 heterocycles. The number of nitrogens with two attached hydrogens (primary N) is 1. The van der Waals surface area contributed by atoms with E-state index in [-0.39, 0.29) is 4.35 Å². The van der Waals surface area contributed by atoms with Crippen LogP contribution in [0.15, 0.2) is 24.4 Å². The van der Waals surface area contributed by atoms with E-state index in [1.54, 1.807) is 34.1 Å². The van der Waals surface area contributed by atoms with Crippen molar-refractivity contribution in [3.8, 4) is 0 Å². The molecule has 1 aromatic heterocycles. The Hall–Kier alpha value is -0.677. The van der Waals surface area contributed by atoms with Crippen molar-refractivity contribution in [1.29, 1.82) is 0 Å². The second-order valence-corrected chi connectivity index (χ2v) is 3.50. The Morgan fingerprint density at radius 2 is 2.40 bits per heavy atom. The summed E-state index contributed by atoms with van der Waals surface area (Å²) in [6.07, 6.45) is 5.30. The minimum atomic E-state index is -0.742. The van der Waals surface area contributed by atoms with Gasteiger partial charge in [0, 0.05) is 0 Å². The van der Waals surface area contributed by atoms with Crippen molar-refractivity contribution in [2.75, 3.05) is 0 Å². The van der Waals surface area contributed by atoms with Crippen LogP contribution in [0, 0.1) is 16.7 Å². The molecule has 0 radical (unpaired) electrons. The Kier molecular flexibility index (Phi) is 7.25. The SMILES string of the molecule is [CH-]=C([C](N)=[V])[N+](=O)[O-].[W]=[C-]n1ccnc1. The average molecular weight is 413 g/mol. The fraction of sp³-hybridized carbons (Fsp3) is 0. The van der Waals surface area contributed by atoms with E-state index in [4.69, 9.17) is 12.3 Å². The second-order valence-electron chi connectivity index (χ2n) is 2.09. The van der Waals surface area contributed by atoms with E-state index < -0.39 is 10.6 Å². The van der Waals surface area contributed by atoms with Gasteiger partial charge in [-0.3, -0.25) is 0 Å². The normalized spacial score (nSPS) is 8.27. The molecule has 0 spiro atoms. The number of aromatic nitrogens is 2. The van der Waals surface area contributed by atoms with Gasteiger partial charge in [0.2, 0.25) is 0 Å². The van der Waals surface area contributed by atoms with Crippen molar-refractivity contribution >= 4 is 8.88 Å². The van der Waals surface area contributed by atoms with Gasteiger partial charge < -0.3 is 0 Å². The van der Waals surface area contributed by atoms with Crippen LogP contribution in [0.1, 0.15) is 0 Å². The third kappa shape index (κ3) is 6.41. The topological polar surface area (TPSA) is 87.0 Å². The molecule has 79 valence electrons. The molecule has 1 rings (SSSR count). The first-order valence-corrected chi connectivity index (χ1v) is 5.60. The summed E-state index contributed by atoms with van der Waals surface area (Å²) in [7, 11) is 0. The summed E-state index contributed by atoms with van der Waals surface area (Å²) in [4.78, 5) is 12.7. The number of rotatable bonds is 3. The fourth-order valence-electron chi connectivity index (χ4n) is 0.407. The van der Waals surface area contributed by atoms with Crippen molar-refractivity contribution in [3.05, 3.63) is 41.1 Å². The molecule has 15 heavy (non-hydrogen) atoms. The van der Waals surface area contributed by atoms with E-state index in [9.17, 15) is 10.1 Å². The van der Waals surface area contributed by atoms with Gasteiger partial charge in [0.15, 0.2) is 0 Å². The summed E-state index contributed by atoms with van der Waals surface area (Å²) in [5.41, 5.74) is 4.41. The molecule has 0 unspecified atom stereocenters. The van der Waals surface area contributed by atoms with Crippen LogP contribution in [-0.2, 0) is 36.3 Å². The zero-order chi connectivity index (χ0) is 11.8. The fourth-order valence-corrected chi connectivity index (χ4v) is 0.922. The minimum absolute atomic E-state index is 0.0255. The molecule has 0 fully saturated rings. The Bertz CT molecular complexity index is 360. The number of nitrogens with zero attached hydrogens (tertiary/aromatic N) is 3. The zero-order valence-corrected chi connectivity index (χ0v) is 11.7. The molecule has 2 N–H and O–H groups in total. The third-order valence-electron chi connectivity index (χ3n) is 1.07. The van der Waals surface area contributed by atoms with Crippen LogP contribution in [0.2, 0.25) is 0 Å². The van der Waals surface area contributed by atoms with Gasteiger partial charge in [0.25, 0.3) is 0 Å². The molecule has 0 saturated heterocycles. The van der Waals surface area contributed by atoms with Crippen LogP contribution in [0.5, 0.6) is 0 Å². The molecule has 0 aliphatic heterocycles. The van der Waals surface area contributed by atoms with Crippen LogP contribution >= 0.6 is 0 Å².